The monoisotopic (exact) mass is 160 g/mol. The van der Waals surface area contributed by atoms with Gasteiger partial charge in [-0.15, -0.1) is 0 Å². The molecule has 10 heavy (non-hydrogen) atoms. The van der Waals surface area contributed by atoms with Crippen molar-refractivity contribution in [3.63, 3.8) is 0 Å². The zero-order valence-electron chi connectivity index (χ0n) is 5.95. The van der Waals surface area contributed by atoms with Gasteiger partial charge in [-0.1, -0.05) is 31.7 Å². The Morgan fingerprint density at radius 1 is 1.60 bits per heavy atom. The minimum Gasteiger partial charge on any atom is -0.207 e. The third-order valence-corrected chi connectivity index (χ3v) is 1.16. The Labute approximate surface area is 65.7 Å². The Kier molecular flexibility index (Phi) is 4.05. The van der Waals surface area contributed by atoms with E-state index >= 15 is 0 Å². The minimum atomic E-state index is -0.387. The summed E-state index contributed by atoms with van der Waals surface area (Å²) in [6.45, 7) is 8.63. The van der Waals surface area contributed by atoms with Crippen LogP contribution in [0.5, 0.6) is 0 Å². The first kappa shape index (κ1) is 9.44. The van der Waals surface area contributed by atoms with Crippen molar-refractivity contribution >= 4 is 11.6 Å². The van der Waals surface area contributed by atoms with E-state index in [9.17, 15) is 4.39 Å². The average molecular weight is 161 g/mol. The molecule has 0 radical (unpaired) electrons. The second kappa shape index (κ2) is 4.29. The Hall–Kier alpha value is -0.560. The molecule has 56 valence electrons. The molecule has 0 bridgehead atoms. The van der Waals surface area contributed by atoms with Crippen LogP contribution in [0.25, 0.3) is 0 Å². The third-order valence-electron chi connectivity index (χ3n) is 1.05. The van der Waals surface area contributed by atoms with Crippen LogP contribution in [0.3, 0.4) is 0 Å². The lowest BCUT2D eigenvalue weighted by molar-refractivity contribution is 0.644. The maximum absolute atomic E-state index is 12.7. The summed E-state index contributed by atoms with van der Waals surface area (Å²) in [5, 5.41) is 0.187. The maximum Gasteiger partial charge on any atom is 0.127 e. The Bertz CT molecular complexity index is 180. The van der Waals surface area contributed by atoms with E-state index in [1.165, 1.54) is 0 Å². The van der Waals surface area contributed by atoms with Gasteiger partial charge in [0.05, 0.1) is 0 Å². The van der Waals surface area contributed by atoms with E-state index in [4.69, 9.17) is 11.6 Å². The van der Waals surface area contributed by atoms with Gasteiger partial charge < -0.3 is 0 Å². The molecule has 0 aliphatic rings. The molecule has 0 rings (SSSR count). The zero-order chi connectivity index (χ0) is 8.15. The van der Waals surface area contributed by atoms with Crippen LogP contribution in [0.15, 0.2) is 35.7 Å². The molecule has 0 spiro atoms. The standard InChI is InChI=1S/C8H10ClF/c1-4-6(2)8(10)5-7(3)9/h5H,2-4H2,1H3/b8-5+. The van der Waals surface area contributed by atoms with Gasteiger partial charge in [0.25, 0.3) is 0 Å². The molecule has 0 saturated heterocycles. The Morgan fingerprint density at radius 3 is 2.40 bits per heavy atom. The molecule has 0 amide bonds. The predicted octanol–water partition coefficient (Wildman–Crippen LogP) is 3.56. The third kappa shape index (κ3) is 3.46. The summed E-state index contributed by atoms with van der Waals surface area (Å²) < 4.78 is 12.7. The molecule has 0 aromatic rings. The van der Waals surface area contributed by atoms with Crippen LogP contribution >= 0.6 is 11.6 Å². The Morgan fingerprint density at radius 2 is 2.10 bits per heavy atom. The lowest BCUT2D eigenvalue weighted by Crippen LogP contribution is -1.78. The molecule has 2 heteroatoms. The lowest BCUT2D eigenvalue weighted by atomic mass is 10.2. The van der Waals surface area contributed by atoms with Crippen molar-refractivity contribution in [2.45, 2.75) is 13.3 Å². The molecule has 0 atom stereocenters. The van der Waals surface area contributed by atoms with Crippen molar-refractivity contribution in [1.29, 1.82) is 0 Å². The number of hydrogen-bond donors (Lipinski definition) is 0. The number of hydrogen-bond acceptors (Lipinski definition) is 0. The molecule has 0 N–H and O–H groups in total. The van der Waals surface area contributed by atoms with Crippen molar-refractivity contribution in [2.75, 3.05) is 0 Å². The number of rotatable bonds is 3. The van der Waals surface area contributed by atoms with Gasteiger partial charge >= 0.3 is 0 Å². The van der Waals surface area contributed by atoms with Gasteiger partial charge in [-0.25, -0.2) is 4.39 Å². The molecule has 0 heterocycles. The van der Waals surface area contributed by atoms with Gasteiger partial charge in [-0.3, -0.25) is 0 Å². The summed E-state index contributed by atoms with van der Waals surface area (Å²) in [5.41, 5.74) is 0.446. The Balaban J connectivity index is 4.19. The second-order valence-electron chi connectivity index (χ2n) is 1.90. The summed E-state index contributed by atoms with van der Waals surface area (Å²) in [5.74, 6) is -0.387. The smallest absolute Gasteiger partial charge is 0.127 e. The minimum absolute atomic E-state index is 0.187. The van der Waals surface area contributed by atoms with E-state index in [0.29, 0.717) is 12.0 Å². The fraction of sp³-hybridized carbons (Fsp3) is 0.250. The molecule has 0 aliphatic carbocycles. The highest BCUT2D eigenvalue weighted by Crippen LogP contribution is 2.15. The van der Waals surface area contributed by atoms with Crippen LogP contribution in [-0.4, -0.2) is 0 Å². The lowest BCUT2D eigenvalue weighted by Gasteiger charge is -1.95. The van der Waals surface area contributed by atoms with E-state index in [2.05, 4.69) is 13.2 Å². The molecule has 0 fully saturated rings. The summed E-state index contributed by atoms with van der Waals surface area (Å²) in [4.78, 5) is 0. The fourth-order valence-corrected chi connectivity index (χ4v) is 0.504. The molecule has 0 unspecified atom stereocenters. The maximum atomic E-state index is 12.7. The molecular formula is C8H10ClF. The highest BCUT2D eigenvalue weighted by molar-refractivity contribution is 6.30. The van der Waals surface area contributed by atoms with Crippen molar-refractivity contribution in [3.8, 4) is 0 Å². The van der Waals surface area contributed by atoms with Crippen LogP contribution in [0.1, 0.15) is 13.3 Å². The van der Waals surface area contributed by atoms with Crippen LogP contribution in [-0.2, 0) is 0 Å². The van der Waals surface area contributed by atoms with Crippen molar-refractivity contribution in [1.82, 2.24) is 0 Å². The van der Waals surface area contributed by atoms with Gasteiger partial charge in [0.15, 0.2) is 0 Å². The van der Waals surface area contributed by atoms with Gasteiger partial charge in [0, 0.05) is 5.03 Å². The predicted molar refractivity (Wildman–Crippen MR) is 43.6 cm³/mol. The summed E-state index contributed by atoms with van der Waals surface area (Å²) in [6, 6.07) is 0. The molecule has 0 aromatic carbocycles. The van der Waals surface area contributed by atoms with Crippen LogP contribution in [0.4, 0.5) is 4.39 Å². The molecule has 0 nitrogen and oxygen atoms in total. The normalized spacial score (nSPS) is 11.3. The van der Waals surface area contributed by atoms with Crippen LogP contribution in [0, 0.1) is 0 Å². The van der Waals surface area contributed by atoms with E-state index in [0.717, 1.165) is 6.08 Å². The first-order chi connectivity index (χ1) is 4.57. The van der Waals surface area contributed by atoms with Gasteiger partial charge in [-0.2, -0.15) is 0 Å². The van der Waals surface area contributed by atoms with Crippen molar-refractivity contribution in [3.05, 3.63) is 35.7 Å². The topological polar surface area (TPSA) is 0 Å². The number of halogens is 2. The number of allylic oxidation sites excluding steroid dienone is 4. The second-order valence-corrected chi connectivity index (χ2v) is 2.38. The van der Waals surface area contributed by atoms with E-state index in [1.807, 2.05) is 6.92 Å². The average Bonchev–Trinajstić information content (AvgIpc) is 1.85. The first-order valence-corrected chi connectivity index (χ1v) is 3.35. The largest absolute Gasteiger partial charge is 0.207 e. The van der Waals surface area contributed by atoms with Crippen molar-refractivity contribution in [2.24, 2.45) is 0 Å². The summed E-state index contributed by atoms with van der Waals surface area (Å²) in [7, 11) is 0. The highest BCUT2D eigenvalue weighted by atomic mass is 35.5. The van der Waals surface area contributed by atoms with Gasteiger partial charge in [0.2, 0.25) is 0 Å². The summed E-state index contributed by atoms with van der Waals surface area (Å²) >= 11 is 5.32. The SMILES string of the molecule is C=C(Cl)/C=C(/F)C(=C)CC. The molecule has 0 aromatic heterocycles. The highest BCUT2D eigenvalue weighted by Gasteiger charge is 1.97. The quantitative estimate of drug-likeness (QED) is 0.554. The summed E-state index contributed by atoms with van der Waals surface area (Å²) in [6.07, 6.45) is 1.75. The van der Waals surface area contributed by atoms with E-state index in [1.54, 1.807) is 0 Å². The molecular weight excluding hydrogens is 151 g/mol. The molecule has 0 saturated carbocycles. The van der Waals surface area contributed by atoms with E-state index < -0.39 is 0 Å². The first-order valence-electron chi connectivity index (χ1n) is 2.97. The van der Waals surface area contributed by atoms with Gasteiger partial charge in [-0.05, 0) is 18.1 Å². The van der Waals surface area contributed by atoms with Crippen LogP contribution < -0.4 is 0 Å². The molecule has 0 aliphatic heterocycles. The van der Waals surface area contributed by atoms with Crippen LogP contribution in [0.2, 0.25) is 0 Å². The fourth-order valence-electron chi connectivity index (χ4n) is 0.408. The zero-order valence-corrected chi connectivity index (χ0v) is 6.71. The van der Waals surface area contributed by atoms with Crippen molar-refractivity contribution < 1.29 is 4.39 Å². The van der Waals surface area contributed by atoms with Gasteiger partial charge in [0.1, 0.15) is 5.83 Å². The van der Waals surface area contributed by atoms with E-state index in [-0.39, 0.29) is 10.9 Å².